The lowest BCUT2D eigenvalue weighted by molar-refractivity contribution is 0.0912. The fourth-order valence-corrected chi connectivity index (χ4v) is 3.11. The summed E-state index contributed by atoms with van der Waals surface area (Å²) in [5.74, 6) is -0.378. The Hall–Kier alpha value is -2.16. The quantitative estimate of drug-likeness (QED) is 0.803. The van der Waals surface area contributed by atoms with Gasteiger partial charge >= 0.3 is 0 Å². The molecule has 2 aromatic rings. The van der Waals surface area contributed by atoms with Crippen molar-refractivity contribution in [3.05, 3.63) is 53.9 Å². The molecule has 0 unspecified atom stereocenters. The van der Waals surface area contributed by atoms with Gasteiger partial charge in [-0.1, -0.05) is 0 Å². The van der Waals surface area contributed by atoms with Gasteiger partial charge in [-0.2, -0.15) is 0 Å². The van der Waals surface area contributed by atoms with Gasteiger partial charge in [0, 0.05) is 45.1 Å². The minimum atomic E-state index is -3.52. The molecule has 0 fully saturated rings. The van der Waals surface area contributed by atoms with Gasteiger partial charge in [0.25, 0.3) is 5.91 Å². The molecular formula is C16H21N3O4S. The molecule has 0 radical (unpaired) electrons. The minimum absolute atomic E-state index is 0.0639. The van der Waals surface area contributed by atoms with Crippen LogP contribution in [0.1, 0.15) is 22.2 Å². The molecule has 1 aromatic carbocycles. The minimum Gasteiger partial charge on any atom is -0.385 e. The molecular weight excluding hydrogens is 330 g/mol. The Labute approximate surface area is 141 Å². The van der Waals surface area contributed by atoms with E-state index in [1.807, 2.05) is 19.3 Å². The van der Waals surface area contributed by atoms with Crippen LogP contribution < -0.4 is 5.32 Å². The highest BCUT2D eigenvalue weighted by molar-refractivity contribution is 7.89. The molecule has 1 amide bonds. The summed E-state index contributed by atoms with van der Waals surface area (Å²) in [5, 5.41) is 12.7. The van der Waals surface area contributed by atoms with Crippen LogP contribution in [-0.4, -0.2) is 48.9 Å². The Balaban J connectivity index is 2.02. The highest BCUT2D eigenvalue weighted by atomic mass is 32.2. The molecule has 8 heteroatoms. The molecule has 0 saturated heterocycles. The van der Waals surface area contributed by atoms with Crippen LogP contribution in [0.2, 0.25) is 0 Å². The number of hydrogen-bond acceptors (Lipinski definition) is 4. The predicted molar refractivity (Wildman–Crippen MR) is 90.0 cm³/mol. The average molecular weight is 351 g/mol. The van der Waals surface area contributed by atoms with Gasteiger partial charge in [0.1, 0.15) is 6.10 Å². The number of aliphatic hydroxyl groups is 1. The summed E-state index contributed by atoms with van der Waals surface area (Å²) in [6, 6.07) is 9.25. The van der Waals surface area contributed by atoms with Gasteiger partial charge in [-0.3, -0.25) is 4.79 Å². The van der Waals surface area contributed by atoms with E-state index in [2.05, 4.69) is 5.32 Å². The summed E-state index contributed by atoms with van der Waals surface area (Å²) in [4.78, 5) is 12.2. The zero-order chi connectivity index (χ0) is 17.9. The Morgan fingerprint density at radius 2 is 1.88 bits per heavy atom. The Bertz CT molecular complexity index is 810. The number of hydrogen-bond donors (Lipinski definition) is 2. The highest BCUT2D eigenvalue weighted by Gasteiger charge is 2.18. The zero-order valence-electron chi connectivity index (χ0n) is 13.8. The molecule has 1 atom stereocenters. The van der Waals surface area contributed by atoms with Crippen LogP contribution in [0.25, 0.3) is 0 Å². The second kappa shape index (κ2) is 7.16. The van der Waals surface area contributed by atoms with Crippen molar-refractivity contribution in [1.82, 2.24) is 14.2 Å². The smallest absolute Gasteiger partial charge is 0.251 e. The second-order valence-corrected chi connectivity index (χ2v) is 7.73. The highest BCUT2D eigenvalue weighted by Crippen LogP contribution is 2.15. The maximum atomic E-state index is 12.1. The molecule has 0 spiro atoms. The molecule has 1 heterocycles. The standard InChI is InChI=1S/C16H21N3O4S/c1-18(2)24(22,23)13-8-6-12(7-9-13)16(21)17-11-15(20)14-5-4-10-19(14)3/h4-10,15,20H,11H2,1-3H3,(H,17,21)/t15-/m0/s1. The molecule has 1 aromatic heterocycles. The van der Waals surface area contributed by atoms with Crippen molar-refractivity contribution >= 4 is 15.9 Å². The van der Waals surface area contributed by atoms with Crippen molar-refractivity contribution < 1.29 is 18.3 Å². The van der Waals surface area contributed by atoms with E-state index in [1.54, 1.807) is 10.6 Å². The van der Waals surface area contributed by atoms with Crippen LogP contribution in [-0.2, 0) is 17.1 Å². The van der Waals surface area contributed by atoms with Crippen LogP contribution in [0.5, 0.6) is 0 Å². The number of aliphatic hydroxyl groups excluding tert-OH is 1. The lowest BCUT2D eigenvalue weighted by Gasteiger charge is -2.14. The van der Waals surface area contributed by atoms with Crippen LogP contribution in [0.15, 0.2) is 47.5 Å². The third-order valence-electron chi connectivity index (χ3n) is 3.68. The number of carbonyl (C=O) groups excluding carboxylic acids is 1. The van der Waals surface area contributed by atoms with E-state index in [-0.39, 0.29) is 17.3 Å². The fourth-order valence-electron chi connectivity index (χ4n) is 2.21. The van der Waals surface area contributed by atoms with Gasteiger partial charge in [-0.25, -0.2) is 12.7 Å². The summed E-state index contributed by atoms with van der Waals surface area (Å²) < 4.78 is 26.8. The van der Waals surface area contributed by atoms with Gasteiger partial charge in [-0.15, -0.1) is 0 Å². The first kappa shape index (κ1) is 18.2. The number of carbonyl (C=O) groups is 1. The summed E-state index contributed by atoms with van der Waals surface area (Å²) in [7, 11) is 1.18. The molecule has 2 rings (SSSR count). The van der Waals surface area contributed by atoms with E-state index < -0.39 is 16.1 Å². The topological polar surface area (TPSA) is 91.6 Å². The normalized spacial score (nSPS) is 13.0. The van der Waals surface area contributed by atoms with Crippen molar-refractivity contribution in [2.45, 2.75) is 11.0 Å². The number of nitrogens with one attached hydrogen (secondary N) is 1. The maximum Gasteiger partial charge on any atom is 0.251 e. The number of amides is 1. The summed E-state index contributed by atoms with van der Waals surface area (Å²) in [6.45, 7) is 0.0639. The first-order valence-corrected chi connectivity index (χ1v) is 8.77. The number of aromatic nitrogens is 1. The van der Waals surface area contributed by atoms with Crippen molar-refractivity contribution in [3.63, 3.8) is 0 Å². The number of sulfonamides is 1. The SMILES string of the molecule is CN(C)S(=O)(=O)c1ccc(C(=O)NC[C@H](O)c2cccn2C)cc1. The molecule has 0 aliphatic heterocycles. The van der Waals surface area contributed by atoms with Gasteiger partial charge in [0.15, 0.2) is 0 Å². The van der Waals surface area contributed by atoms with Crippen LogP contribution in [0.4, 0.5) is 0 Å². The predicted octanol–water partition coefficient (Wildman–Crippen LogP) is 0.739. The van der Waals surface area contributed by atoms with E-state index in [0.29, 0.717) is 11.3 Å². The number of rotatable bonds is 6. The van der Waals surface area contributed by atoms with Gasteiger partial charge < -0.3 is 15.0 Å². The van der Waals surface area contributed by atoms with E-state index in [4.69, 9.17) is 0 Å². The van der Waals surface area contributed by atoms with Crippen LogP contribution >= 0.6 is 0 Å². The van der Waals surface area contributed by atoms with Crippen LogP contribution in [0, 0.1) is 0 Å². The molecule has 0 aliphatic rings. The third-order valence-corrected chi connectivity index (χ3v) is 5.51. The molecule has 0 bridgehead atoms. The zero-order valence-corrected chi connectivity index (χ0v) is 14.6. The maximum absolute atomic E-state index is 12.1. The largest absolute Gasteiger partial charge is 0.385 e. The van der Waals surface area contributed by atoms with Gasteiger partial charge in [0.05, 0.1) is 4.90 Å². The first-order chi connectivity index (χ1) is 11.2. The molecule has 24 heavy (non-hydrogen) atoms. The van der Waals surface area contributed by atoms with Crippen molar-refractivity contribution in [1.29, 1.82) is 0 Å². The summed E-state index contributed by atoms with van der Waals surface area (Å²) in [6.07, 6.45) is 0.993. The molecule has 130 valence electrons. The van der Waals surface area contributed by atoms with E-state index in [9.17, 15) is 18.3 Å². The third kappa shape index (κ3) is 3.84. The summed E-state index contributed by atoms with van der Waals surface area (Å²) >= 11 is 0. The van der Waals surface area contributed by atoms with Crippen molar-refractivity contribution in [3.8, 4) is 0 Å². The van der Waals surface area contributed by atoms with E-state index in [0.717, 1.165) is 4.31 Å². The number of benzene rings is 1. The number of nitrogens with zero attached hydrogens (tertiary/aromatic N) is 2. The average Bonchev–Trinajstić information content (AvgIpc) is 2.98. The lowest BCUT2D eigenvalue weighted by Crippen LogP contribution is -2.29. The molecule has 0 aliphatic carbocycles. The molecule has 0 saturated carbocycles. The Kier molecular flexibility index (Phi) is 5.43. The summed E-state index contributed by atoms with van der Waals surface area (Å²) in [5.41, 5.74) is 1.02. The van der Waals surface area contributed by atoms with Crippen molar-refractivity contribution in [2.24, 2.45) is 7.05 Å². The fraction of sp³-hybridized carbons (Fsp3) is 0.312. The van der Waals surface area contributed by atoms with Crippen molar-refractivity contribution in [2.75, 3.05) is 20.6 Å². The Morgan fingerprint density at radius 1 is 1.25 bits per heavy atom. The first-order valence-electron chi connectivity index (χ1n) is 7.33. The van der Waals surface area contributed by atoms with E-state index in [1.165, 1.54) is 38.4 Å². The molecule has 7 nitrogen and oxygen atoms in total. The van der Waals surface area contributed by atoms with Crippen LogP contribution in [0.3, 0.4) is 0 Å². The van der Waals surface area contributed by atoms with E-state index >= 15 is 0 Å². The monoisotopic (exact) mass is 351 g/mol. The van der Waals surface area contributed by atoms with Gasteiger partial charge in [0.2, 0.25) is 10.0 Å². The van der Waals surface area contributed by atoms with Gasteiger partial charge in [-0.05, 0) is 36.4 Å². The Morgan fingerprint density at radius 3 is 2.38 bits per heavy atom. The molecule has 2 N–H and O–H groups in total. The number of aryl methyl sites for hydroxylation is 1. The second-order valence-electron chi connectivity index (χ2n) is 5.58. The lowest BCUT2D eigenvalue weighted by atomic mass is 10.2.